The van der Waals surface area contributed by atoms with E-state index in [0.717, 1.165) is 56.9 Å². The van der Waals surface area contributed by atoms with E-state index in [-0.39, 0.29) is 23.9 Å². The Bertz CT molecular complexity index is 480. The molecule has 0 spiro atoms. The molecule has 0 amide bonds. The highest BCUT2D eigenvalue weighted by molar-refractivity contribution is 5.26. The summed E-state index contributed by atoms with van der Waals surface area (Å²) >= 11 is 0. The van der Waals surface area contributed by atoms with Gasteiger partial charge in [-0.3, -0.25) is 0 Å². The molecule has 3 heteroatoms. The first-order valence-electron chi connectivity index (χ1n) is 10.1. The van der Waals surface area contributed by atoms with Gasteiger partial charge in [0.05, 0.1) is 12.2 Å². The second kappa shape index (κ2) is 10.2. The topological polar surface area (TPSA) is 60.7 Å². The van der Waals surface area contributed by atoms with Gasteiger partial charge in [-0.15, -0.1) is 0 Å². The van der Waals surface area contributed by atoms with Gasteiger partial charge in [-0.25, -0.2) is 0 Å². The van der Waals surface area contributed by atoms with E-state index in [2.05, 4.69) is 19.6 Å². The van der Waals surface area contributed by atoms with Gasteiger partial charge < -0.3 is 15.3 Å². The predicted molar refractivity (Wildman–Crippen MR) is 103 cm³/mol. The van der Waals surface area contributed by atoms with E-state index in [0.29, 0.717) is 11.8 Å². The van der Waals surface area contributed by atoms with Crippen LogP contribution in [0.15, 0.2) is 36.1 Å². The lowest BCUT2D eigenvalue weighted by molar-refractivity contribution is 0.0859. The van der Waals surface area contributed by atoms with E-state index in [1.165, 1.54) is 12.8 Å². The molecule has 2 aliphatic rings. The molecule has 1 fully saturated rings. The maximum absolute atomic E-state index is 10.6. The van der Waals surface area contributed by atoms with Crippen molar-refractivity contribution < 1.29 is 15.3 Å². The molecule has 0 aromatic rings. The van der Waals surface area contributed by atoms with Gasteiger partial charge in [0.25, 0.3) is 0 Å². The molecule has 0 radical (unpaired) electrons. The number of hydrogen-bond donors (Lipinski definition) is 3. The SMILES string of the molecule is C=C1C[C@H]2C[C@@H](O)[C@H](CC[C@@H](O)CCCCC)[C@H]2CC/C=C\C=C/1O. The van der Waals surface area contributed by atoms with Crippen molar-refractivity contribution >= 4 is 0 Å². The van der Waals surface area contributed by atoms with Crippen LogP contribution in [0.5, 0.6) is 0 Å². The molecule has 0 unspecified atom stereocenters. The fraction of sp³-hybridized carbons (Fsp3) is 0.727. The summed E-state index contributed by atoms with van der Waals surface area (Å²) in [6.45, 7) is 6.20. The minimum atomic E-state index is -0.290. The second-order valence-corrected chi connectivity index (χ2v) is 7.98. The van der Waals surface area contributed by atoms with Crippen LogP contribution in [0.25, 0.3) is 0 Å². The molecule has 0 heterocycles. The lowest BCUT2D eigenvalue weighted by atomic mass is 9.79. The Labute approximate surface area is 153 Å². The monoisotopic (exact) mass is 348 g/mol. The summed E-state index contributed by atoms with van der Waals surface area (Å²) in [4.78, 5) is 0. The first-order valence-corrected chi connectivity index (χ1v) is 10.1. The summed E-state index contributed by atoms with van der Waals surface area (Å²) in [5.41, 5.74) is 0.772. The third-order valence-corrected chi connectivity index (χ3v) is 6.10. The molecule has 3 N–H and O–H groups in total. The first kappa shape index (κ1) is 20.3. The van der Waals surface area contributed by atoms with E-state index < -0.39 is 0 Å². The molecule has 1 saturated carbocycles. The summed E-state index contributed by atoms with van der Waals surface area (Å²) in [5.74, 6) is 1.36. The Hall–Kier alpha value is -1.06. The molecule has 2 aliphatic carbocycles. The number of allylic oxidation sites excluding steroid dienone is 4. The first-order chi connectivity index (χ1) is 12.0. The molecule has 25 heavy (non-hydrogen) atoms. The van der Waals surface area contributed by atoms with Crippen LogP contribution in [0.2, 0.25) is 0 Å². The van der Waals surface area contributed by atoms with E-state index in [4.69, 9.17) is 0 Å². The van der Waals surface area contributed by atoms with E-state index in [1.54, 1.807) is 6.08 Å². The zero-order chi connectivity index (χ0) is 18.2. The van der Waals surface area contributed by atoms with Gasteiger partial charge >= 0.3 is 0 Å². The number of hydrogen-bond acceptors (Lipinski definition) is 3. The van der Waals surface area contributed by atoms with Gasteiger partial charge in [-0.05, 0) is 74.3 Å². The number of aliphatic hydroxyl groups is 3. The van der Waals surface area contributed by atoms with Crippen LogP contribution in [-0.4, -0.2) is 27.5 Å². The zero-order valence-electron chi connectivity index (χ0n) is 15.7. The Morgan fingerprint density at radius 1 is 1.28 bits per heavy atom. The summed E-state index contributed by atoms with van der Waals surface area (Å²) in [6.07, 6.45) is 14.8. The highest BCUT2D eigenvalue weighted by Gasteiger charge is 2.41. The van der Waals surface area contributed by atoms with Crippen LogP contribution in [0, 0.1) is 17.8 Å². The van der Waals surface area contributed by atoms with Gasteiger partial charge in [0.1, 0.15) is 5.76 Å². The Balaban J connectivity index is 1.94. The van der Waals surface area contributed by atoms with Crippen LogP contribution >= 0.6 is 0 Å². The lowest BCUT2D eigenvalue weighted by Gasteiger charge is -2.27. The van der Waals surface area contributed by atoms with Crippen molar-refractivity contribution in [3.63, 3.8) is 0 Å². The Morgan fingerprint density at radius 3 is 2.84 bits per heavy atom. The molecule has 142 valence electrons. The van der Waals surface area contributed by atoms with Crippen LogP contribution in [0.4, 0.5) is 0 Å². The van der Waals surface area contributed by atoms with Crippen molar-refractivity contribution in [2.75, 3.05) is 0 Å². The van der Waals surface area contributed by atoms with E-state index in [1.807, 2.05) is 6.08 Å². The number of aliphatic hydroxyl groups excluding tert-OH is 3. The van der Waals surface area contributed by atoms with Crippen LogP contribution in [-0.2, 0) is 0 Å². The Morgan fingerprint density at radius 2 is 2.08 bits per heavy atom. The molecule has 0 aromatic carbocycles. The fourth-order valence-electron chi connectivity index (χ4n) is 4.63. The van der Waals surface area contributed by atoms with Crippen molar-refractivity contribution in [2.45, 2.75) is 83.3 Å². The molecule has 5 atom stereocenters. The van der Waals surface area contributed by atoms with E-state index >= 15 is 0 Å². The molecule has 3 nitrogen and oxygen atoms in total. The van der Waals surface area contributed by atoms with Gasteiger partial charge in [-0.2, -0.15) is 0 Å². The minimum absolute atomic E-state index is 0.237. The number of rotatable bonds is 7. The second-order valence-electron chi connectivity index (χ2n) is 7.98. The average molecular weight is 349 g/mol. The van der Waals surface area contributed by atoms with Crippen molar-refractivity contribution in [2.24, 2.45) is 17.8 Å². The molecule has 0 saturated heterocycles. The summed E-state index contributed by atoms with van der Waals surface area (Å²) in [5, 5.41) is 30.9. The summed E-state index contributed by atoms with van der Waals surface area (Å²) in [7, 11) is 0. The highest BCUT2D eigenvalue weighted by Crippen LogP contribution is 2.46. The maximum Gasteiger partial charge on any atom is 0.118 e. The molecule has 2 rings (SSSR count). The number of unbranched alkanes of at least 4 members (excludes halogenated alkanes) is 2. The zero-order valence-corrected chi connectivity index (χ0v) is 15.7. The molecular weight excluding hydrogens is 312 g/mol. The van der Waals surface area contributed by atoms with E-state index in [9.17, 15) is 15.3 Å². The molecule has 0 bridgehead atoms. The number of fused-ring (bicyclic) bond motifs is 1. The third-order valence-electron chi connectivity index (χ3n) is 6.10. The third kappa shape index (κ3) is 6.00. The fourth-order valence-corrected chi connectivity index (χ4v) is 4.63. The van der Waals surface area contributed by atoms with Gasteiger partial charge in [0.2, 0.25) is 0 Å². The van der Waals surface area contributed by atoms with Gasteiger partial charge in [0.15, 0.2) is 0 Å². The van der Waals surface area contributed by atoms with Gasteiger partial charge in [-0.1, -0.05) is 44.9 Å². The molecule has 0 aliphatic heterocycles. The largest absolute Gasteiger partial charge is 0.508 e. The van der Waals surface area contributed by atoms with Crippen LogP contribution < -0.4 is 0 Å². The quantitative estimate of drug-likeness (QED) is 0.564. The standard InChI is InChI=1S/C22H36O3/c1-3-4-6-9-18(23)12-13-20-19-10-7-5-8-11-21(24)16(2)14-17(19)15-22(20)25/h5,8,11,17-20,22-25H,2-4,6-7,9-10,12-15H2,1H3/b8-5-,21-11+/t17-,18-,19-,20+,22+/m0/s1. The van der Waals surface area contributed by atoms with Crippen molar-refractivity contribution in [1.82, 2.24) is 0 Å². The highest BCUT2D eigenvalue weighted by atomic mass is 16.3. The summed E-state index contributed by atoms with van der Waals surface area (Å²) in [6, 6.07) is 0. The van der Waals surface area contributed by atoms with Crippen molar-refractivity contribution in [3.05, 3.63) is 36.1 Å². The predicted octanol–water partition coefficient (Wildman–Crippen LogP) is 5.06. The smallest absolute Gasteiger partial charge is 0.118 e. The van der Waals surface area contributed by atoms with Crippen molar-refractivity contribution in [3.8, 4) is 0 Å². The van der Waals surface area contributed by atoms with Crippen LogP contribution in [0.1, 0.15) is 71.1 Å². The minimum Gasteiger partial charge on any atom is -0.508 e. The average Bonchev–Trinajstić information content (AvgIpc) is 2.87. The summed E-state index contributed by atoms with van der Waals surface area (Å²) < 4.78 is 0. The van der Waals surface area contributed by atoms with Crippen molar-refractivity contribution in [1.29, 1.82) is 0 Å². The molecule has 0 aromatic heterocycles. The maximum atomic E-state index is 10.6. The normalized spacial score (nSPS) is 34.8. The Kier molecular flexibility index (Phi) is 8.25. The molecular formula is C22H36O3. The lowest BCUT2D eigenvalue weighted by Crippen LogP contribution is -2.23. The van der Waals surface area contributed by atoms with Crippen LogP contribution in [0.3, 0.4) is 0 Å². The van der Waals surface area contributed by atoms with Gasteiger partial charge in [0, 0.05) is 0 Å².